The minimum Gasteiger partial charge on any atom is -0.391 e. The number of benzene rings is 1. The Balaban J connectivity index is 2.11. The molecule has 1 heterocycles. The zero-order chi connectivity index (χ0) is 13.1. The summed E-state index contributed by atoms with van der Waals surface area (Å²) in [4.78, 5) is 7.54. The second-order valence-electron chi connectivity index (χ2n) is 4.50. The van der Waals surface area contributed by atoms with Crippen LogP contribution in [-0.2, 0) is 13.2 Å². The fourth-order valence-corrected chi connectivity index (χ4v) is 2.64. The van der Waals surface area contributed by atoms with E-state index in [1.165, 1.54) is 11.1 Å². The third kappa shape index (κ3) is 2.89. The van der Waals surface area contributed by atoms with Gasteiger partial charge in [-0.2, -0.15) is 0 Å². The summed E-state index contributed by atoms with van der Waals surface area (Å²) in [7, 11) is 2.03. The topological polar surface area (TPSA) is 36.4 Å². The highest BCUT2D eigenvalue weighted by molar-refractivity contribution is 7.15. The lowest BCUT2D eigenvalue weighted by Gasteiger charge is -2.15. The van der Waals surface area contributed by atoms with Crippen molar-refractivity contribution < 1.29 is 5.11 Å². The van der Waals surface area contributed by atoms with Crippen LogP contribution in [0.2, 0.25) is 0 Å². The van der Waals surface area contributed by atoms with E-state index in [2.05, 4.69) is 41.1 Å². The highest BCUT2D eigenvalue weighted by Crippen LogP contribution is 2.26. The first-order valence-corrected chi connectivity index (χ1v) is 6.75. The highest BCUT2D eigenvalue weighted by Gasteiger charge is 2.10. The molecule has 0 aliphatic rings. The van der Waals surface area contributed by atoms with Crippen molar-refractivity contribution in [3.63, 3.8) is 0 Å². The molecule has 0 bridgehead atoms. The average molecular weight is 262 g/mol. The van der Waals surface area contributed by atoms with Crippen molar-refractivity contribution in [3.05, 3.63) is 46.0 Å². The Morgan fingerprint density at radius 3 is 2.44 bits per heavy atom. The first-order chi connectivity index (χ1) is 8.60. The van der Waals surface area contributed by atoms with Crippen molar-refractivity contribution in [2.24, 2.45) is 0 Å². The van der Waals surface area contributed by atoms with E-state index in [9.17, 15) is 5.11 Å². The van der Waals surface area contributed by atoms with E-state index in [1.807, 2.05) is 14.0 Å². The van der Waals surface area contributed by atoms with E-state index < -0.39 is 0 Å². The van der Waals surface area contributed by atoms with E-state index in [4.69, 9.17) is 0 Å². The lowest BCUT2D eigenvalue weighted by Crippen LogP contribution is -2.15. The predicted octanol–water partition coefficient (Wildman–Crippen LogP) is 2.89. The van der Waals surface area contributed by atoms with Crippen LogP contribution >= 0.6 is 11.3 Å². The molecule has 0 spiro atoms. The van der Waals surface area contributed by atoms with Crippen LogP contribution in [0.1, 0.15) is 21.7 Å². The maximum atomic E-state index is 9.19. The van der Waals surface area contributed by atoms with Gasteiger partial charge >= 0.3 is 0 Å². The highest BCUT2D eigenvalue weighted by atomic mass is 32.1. The number of rotatable bonds is 4. The largest absolute Gasteiger partial charge is 0.391 e. The number of anilines is 1. The van der Waals surface area contributed by atoms with Crippen molar-refractivity contribution in [2.45, 2.75) is 27.0 Å². The molecule has 18 heavy (non-hydrogen) atoms. The first kappa shape index (κ1) is 13.1. The second-order valence-corrected chi connectivity index (χ2v) is 5.57. The van der Waals surface area contributed by atoms with Gasteiger partial charge in [0.15, 0.2) is 5.13 Å². The molecule has 0 saturated heterocycles. The van der Waals surface area contributed by atoms with Gasteiger partial charge in [-0.3, -0.25) is 0 Å². The van der Waals surface area contributed by atoms with Crippen LogP contribution < -0.4 is 4.90 Å². The van der Waals surface area contributed by atoms with Gasteiger partial charge in [0.1, 0.15) is 0 Å². The average Bonchev–Trinajstić information content (AvgIpc) is 2.73. The number of aliphatic hydroxyl groups is 1. The molecule has 0 fully saturated rings. The van der Waals surface area contributed by atoms with Gasteiger partial charge in [-0.25, -0.2) is 4.98 Å². The predicted molar refractivity (Wildman–Crippen MR) is 76.1 cm³/mol. The fraction of sp³-hybridized carbons (Fsp3) is 0.357. The summed E-state index contributed by atoms with van der Waals surface area (Å²) in [5.74, 6) is 0. The fourth-order valence-electron chi connectivity index (χ4n) is 1.76. The lowest BCUT2D eigenvalue weighted by molar-refractivity contribution is 0.284. The third-order valence-corrected chi connectivity index (χ3v) is 4.15. The van der Waals surface area contributed by atoms with E-state index in [0.717, 1.165) is 22.2 Å². The Morgan fingerprint density at radius 1 is 1.22 bits per heavy atom. The molecule has 2 aromatic rings. The molecule has 0 saturated carbocycles. The summed E-state index contributed by atoms with van der Waals surface area (Å²) in [6.45, 7) is 4.93. The van der Waals surface area contributed by atoms with E-state index in [0.29, 0.717) is 0 Å². The van der Waals surface area contributed by atoms with Crippen LogP contribution in [0.25, 0.3) is 0 Å². The zero-order valence-corrected chi connectivity index (χ0v) is 11.8. The summed E-state index contributed by atoms with van der Waals surface area (Å²) in [5, 5.41) is 10.1. The summed E-state index contributed by atoms with van der Waals surface area (Å²) in [6, 6.07) is 8.52. The molecule has 4 heteroatoms. The minimum absolute atomic E-state index is 0.0713. The molecule has 0 amide bonds. The van der Waals surface area contributed by atoms with Crippen molar-refractivity contribution in [1.29, 1.82) is 0 Å². The molecule has 0 aliphatic heterocycles. The molecule has 3 nitrogen and oxygen atoms in total. The molecule has 2 rings (SSSR count). The van der Waals surface area contributed by atoms with Crippen LogP contribution in [-0.4, -0.2) is 17.1 Å². The van der Waals surface area contributed by atoms with E-state index in [-0.39, 0.29) is 6.61 Å². The molecule has 0 aliphatic carbocycles. The van der Waals surface area contributed by atoms with Gasteiger partial charge in [-0.05, 0) is 19.4 Å². The van der Waals surface area contributed by atoms with Crippen LogP contribution in [0, 0.1) is 13.8 Å². The standard InChI is InChI=1S/C14H18N2OS/c1-10-4-6-12(7-5-10)8-16(3)14-15-11(2)13(9-17)18-14/h4-7,17H,8-9H2,1-3H3. The summed E-state index contributed by atoms with van der Waals surface area (Å²) in [5.41, 5.74) is 3.46. The molecule has 0 radical (unpaired) electrons. The van der Waals surface area contributed by atoms with E-state index >= 15 is 0 Å². The van der Waals surface area contributed by atoms with Crippen LogP contribution in [0.15, 0.2) is 24.3 Å². The van der Waals surface area contributed by atoms with Gasteiger partial charge in [-0.1, -0.05) is 41.2 Å². The second kappa shape index (κ2) is 5.50. The summed E-state index contributed by atoms with van der Waals surface area (Å²) < 4.78 is 0. The molecular weight excluding hydrogens is 244 g/mol. The monoisotopic (exact) mass is 262 g/mol. The Morgan fingerprint density at radius 2 is 1.89 bits per heavy atom. The number of nitrogens with zero attached hydrogens (tertiary/aromatic N) is 2. The van der Waals surface area contributed by atoms with Crippen molar-refractivity contribution in [3.8, 4) is 0 Å². The van der Waals surface area contributed by atoms with Crippen molar-refractivity contribution in [1.82, 2.24) is 4.98 Å². The maximum Gasteiger partial charge on any atom is 0.185 e. The Hall–Kier alpha value is -1.39. The quantitative estimate of drug-likeness (QED) is 0.920. The zero-order valence-electron chi connectivity index (χ0n) is 11.0. The minimum atomic E-state index is 0.0713. The van der Waals surface area contributed by atoms with Gasteiger partial charge in [0.05, 0.1) is 17.2 Å². The van der Waals surface area contributed by atoms with Gasteiger partial charge in [0.25, 0.3) is 0 Å². The third-order valence-electron chi connectivity index (χ3n) is 2.89. The van der Waals surface area contributed by atoms with Crippen molar-refractivity contribution >= 4 is 16.5 Å². The molecule has 1 N–H and O–H groups in total. The van der Waals surface area contributed by atoms with E-state index in [1.54, 1.807) is 11.3 Å². The Labute approximate surface area is 112 Å². The molecule has 1 aromatic heterocycles. The summed E-state index contributed by atoms with van der Waals surface area (Å²) >= 11 is 1.55. The number of hydrogen-bond donors (Lipinski definition) is 1. The Kier molecular flexibility index (Phi) is 3.99. The van der Waals surface area contributed by atoms with Gasteiger partial charge in [0.2, 0.25) is 0 Å². The molecule has 0 atom stereocenters. The first-order valence-electron chi connectivity index (χ1n) is 5.94. The van der Waals surface area contributed by atoms with Gasteiger partial charge in [-0.15, -0.1) is 0 Å². The van der Waals surface area contributed by atoms with Gasteiger partial charge in [0, 0.05) is 13.6 Å². The van der Waals surface area contributed by atoms with Crippen LogP contribution in [0.3, 0.4) is 0 Å². The molecule has 96 valence electrons. The normalized spacial score (nSPS) is 10.7. The van der Waals surface area contributed by atoms with Crippen LogP contribution in [0.5, 0.6) is 0 Å². The number of aromatic nitrogens is 1. The number of thiazole rings is 1. The number of aryl methyl sites for hydroxylation is 2. The maximum absolute atomic E-state index is 9.19. The molecule has 0 unspecified atom stereocenters. The Bertz CT molecular complexity index is 519. The lowest BCUT2D eigenvalue weighted by atomic mass is 10.1. The molecule has 1 aromatic carbocycles. The van der Waals surface area contributed by atoms with Crippen molar-refractivity contribution in [2.75, 3.05) is 11.9 Å². The smallest absolute Gasteiger partial charge is 0.185 e. The molecular formula is C14H18N2OS. The van der Waals surface area contributed by atoms with Crippen LogP contribution in [0.4, 0.5) is 5.13 Å². The summed E-state index contributed by atoms with van der Waals surface area (Å²) in [6.07, 6.45) is 0. The SMILES string of the molecule is Cc1ccc(CN(C)c2nc(C)c(CO)s2)cc1. The number of aliphatic hydroxyl groups excluding tert-OH is 1. The number of hydrogen-bond acceptors (Lipinski definition) is 4. The van der Waals surface area contributed by atoms with Gasteiger partial charge < -0.3 is 10.0 Å².